The third kappa shape index (κ3) is 3.98. The number of rotatable bonds is 5. The highest BCUT2D eigenvalue weighted by atomic mass is 16.5. The lowest BCUT2D eigenvalue weighted by Crippen LogP contribution is -2.15. The van der Waals surface area contributed by atoms with Crippen LogP contribution in [-0.4, -0.2) is 26.2 Å². The van der Waals surface area contributed by atoms with Crippen molar-refractivity contribution in [1.29, 1.82) is 0 Å². The Bertz CT molecular complexity index is 901. The van der Waals surface area contributed by atoms with Crippen LogP contribution in [0.4, 0.5) is 0 Å². The number of hydrogen-bond acceptors (Lipinski definition) is 5. The van der Waals surface area contributed by atoms with E-state index in [-0.39, 0.29) is 12.3 Å². The maximum Gasteiger partial charge on any atom is 0.357 e. The molecule has 0 aliphatic heterocycles. The zero-order valence-electron chi connectivity index (χ0n) is 14.1. The molecule has 0 atom stereocenters. The molecule has 0 spiro atoms. The van der Waals surface area contributed by atoms with Crippen LogP contribution in [0.5, 0.6) is 0 Å². The second-order valence-electron chi connectivity index (χ2n) is 5.58. The molecular formula is C19H18N4O2. The van der Waals surface area contributed by atoms with Crippen LogP contribution < -0.4 is 0 Å². The Morgan fingerprint density at radius 2 is 1.80 bits per heavy atom. The highest BCUT2D eigenvalue weighted by molar-refractivity contribution is 6.15. The van der Waals surface area contributed by atoms with Gasteiger partial charge in [0.15, 0.2) is 11.5 Å². The SMILES string of the molecule is Cc1ccccc1COC(=O)C(=Cc1ccccc1)n1nnnc1C. The second kappa shape index (κ2) is 7.53. The number of ether oxygens (including phenoxy) is 1. The van der Waals surface area contributed by atoms with E-state index < -0.39 is 5.97 Å². The summed E-state index contributed by atoms with van der Waals surface area (Å²) in [7, 11) is 0. The third-order valence-corrected chi connectivity index (χ3v) is 3.79. The minimum Gasteiger partial charge on any atom is -0.456 e. The topological polar surface area (TPSA) is 69.9 Å². The quantitative estimate of drug-likeness (QED) is 0.530. The summed E-state index contributed by atoms with van der Waals surface area (Å²) < 4.78 is 6.88. The van der Waals surface area contributed by atoms with Gasteiger partial charge in [0, 0.05) is 0 Å². The van der Waals surface area contributed by atoms with E-state index in [1.165, 1.54) is 4.68 Å². The normalized spacial score (nSPS) is 11.4. The molecule has 3 rings (SSSR count). The Kier molecular flexibility index (Phi) is 4.99. The average Bonchev–Trinajstić information content (AvgIpc) is 3.05. The van der Waals surface area contributed by atoms with Crippen LogP contribution in [-0.2, 0) is 16.1 Å². The van der Waals surface area contributed by atoms with Crippen LogP contribution in [0.25, 0.3) is 11.8 Å². The maximum absolute atomic E-state index is 12.7. The molecule has 0 saturated heterocycles. The van der Waals surface area contributed by atoms with E-state index in [4.69, 9.17) is 4.74 Å². The predicted molar refractivity (Wildman–Crippen MR) is 94.1 cm³/mol. The molecule has 0 fully saturated rings. The van der Waals surface area contributed by atoms with Gasteiger partial charge < -0.3 is 4.74 Å². The van der Waals surface area contributed by atoms with Gasteiger partial charge in [-0.1, -0.05) is 54.6 Å². The molecule has 25 heavy (non-hydrogen) atoms. The molecule has 1 aromatic heterocycles. The lowest BCUT2D eigenvalue weighted by Gasteiger charge is -2.10. The first kappa shape index (κ1) is 16.6. The van der Waals surface area contributed by atoms with E-state index in [0.717, 1.165) is 16.7 Å². The van der Waals surface area contributed by atoms with E-state index in [0.29, 0.717) is 5.82 Å². The lowest BCUT2D eigenvalue weighted by molar-refractivity contribution is -0.138. The van der Waals surface area contributed by atoms with Crippen molar-refractivity contribution in [1.82, 2.24) is 20.2 Å². The first-order valence-electron chi connectivity index (χ1n) is 7.89. The summed E-state index contributed by atoms with van der Waals surface area (Å²) in [5.74, 6) is 0.0255. The fourth-order valence-electron chi connectivity index (χ4n) is 2.36. The summed E-state index contributed by atoms with van der Waals surface area (Å²) in [5.41, 5.74) is 3.16. The zero-order valence-corrected chi connectivity index (χ0v) is 14.1. The van der Waals surface area contributed by atoms with Crippen molar-refractivity contribution in [2.75, 3.05) is 0 Å². The van der Waals surface area contributed by atoms with E-state index in [9.17, 15) is 4.79 Å². The molecule has 0 aliphatic carbocycles. The molecule has 6 heteroatoms. The molecule has 0 amide bonds. The van der Waals surface area contributed by atoms with Gasteiger partial charge >= 0.3 is 5.97 Å². The summed E-state index contributed by atoms with van der Waals surface area (Å²) in [6.45, 7) is 3.90. The monoisotopic (exact) mass is 334 g/mol. The number of carbonyl (C=O) groups excluding carboxylic acids is 1. The molecule has 2 aromatic carbocycles. The predicted octanol–water partition coefficient (Wildman–Crippen LogP) is 3.03. The Hall–Kier alpha value is -3.28. The van der Waals surface area contributed by atoms with Crippen LogP contribution in [0, 0.1) is 13.8 Å². The number of hydrogen-bond donors (Lipinski definition) is 0. The fourth-order valence-corrected chi connectivity index (χ4v) is 2.36. The van der Waals surface area contributed by atoms with Gasteiger partial charge in [-0.3, -0.25) is 0 Å². The molecule has 0 saturated carbocycles. The summed E-state index contributed by atoms with van der Waals surface area (Å²) in [6, 6.07) is 17.3. The summed E-state index contributed by atoms with van der Waals surface area (Å²) in [5, 5.41) is 11.4. The molecule has 3 aromatic rings. The molecule has 6 nitrogen and oxygen atoms in total. The number of nitrogens with zero attached hydrogens (tertiary/aromatic N) is 4. The fraction of sp³-hybridized carbons (Fsp3) is 0.158. The molecular weight excluding hydrogens is 316 g/mol. The van der Waals surface area contributed by atoms with Crippen molar-refractivity contribution in [3.8, 4) is 0 Å². The summed E-state index contributed by atoms with van der Waals surface area (Å²) in [6.07, 6.45) is 1.71. The maximum atomic E-state index is 12.7. The summed E-state index contributed by atoms with van der Waals surface area (Å²) in [4.78, 5) is 12.7. The molecule has 0 bridgehead atoms. The van der Waals surface area contributed by atoms with Crippen molar-refractivity contribution >= 4 is 17.7 Å². The minimum absolute atomic E-state index is 0.193. The van der Waals surface area contributed by atoms with E-state index in [2.05, 4.69) is 15.5 Å². The van der Waals surface area contributed by atoms with Crippen molar-refractivity contribution in [3.05, 3.63) is 77.1 Å². The van der Waals surface area contributed by atoms with Gasteiger partial charge in [-0.2, -0.15) is 4.68 Å². The first-order chi connectivity index (χ1) is 12.1. The molecule has 126 valence electrons. The number of carbonyl (C=O) groups is 1. The van der Waals surface area contributed by atoms with Gasteiger partial charge in [0.05, 0.1) is 0 Å². The Balaban J connectivity index is 1.87. The Labute approximate surface area is 145 Å². The molecule has 0 radical (unpaired) electrons. The first-order valence-corrected chi connectivity index (χ1v) is 7.89. The van der Waals surface area contributed by atoms with E-state index in [1.54, 1.807) is 13.0 Å². The van der Waals surface area contributed by atoms with E-state index in [1.807, 2.05) is 61.5 Å². The lowest BCUT2D eigenvalue weighted by atomic mass is 10.1. The number of benzene rings is 2. The number of aromatic nitrogens is 4. The minimum atomic E-state index is -0.484. The highest BCUT2D eigenvalue weighted by Gasteiger charge is 2.18. The van der Waals surface area contributed by atoms with Crippen LogP contribution in [0.3, 0.4) is 0 Å². The van der Waals surface area contributed by atoms with Crippen molar-refractivity contribution in [2.45, 2.75) is 20.5 Å². The highest BCUT2D eigenvalue weighted by Crippen LogP contribution is 2.15. The molecule has 0 unspecified atom stereocenters. The molecule has 0 N–H and O–H groups in total. The van der Waals surface area contributed by atoms with Gasteiger partial charge in [-0.05, 0) is 47.0 Å². The third-order valence-electron chi connectivity index (χ3n) is 3.79. The van der Waals surface area contributed by atoms with Crippen LogP contribution >= 0.6 is 0 Å². The Morgan fingerprint density at radius 1 is 1.08 bits per heavy atom. The van der Waals surface area contributed by atoms with Gasteiger partial charge in [0.25, 0.3) is 0 Å². The smallest absolute Gasteiger partial charge is 0.357 e. The largest absolute Gasteiger partial charge is 0.456 e. The van der Waals surface area contributed by atoms with Crippen LogP contribution in [0.2, 0.25) is 0 Å². The molecule has 0 aliphatic rings. The Morgan fingerprint density at radius 3 is 2.48 bits per heavy atom. The number of aryl methyl sites for hydroxylation is 2. The second-order valence-corrected chi connectivity index (χ2v) is 5.58. The van der Waals surface area contributed by atoms with Crippen LogP contribution in [0.15, 0.2) is 54.6 Å². The number of esters is 1. The average molecular weight is 334 g/mol. The number of tetrazole rings is 1. The standard InChI is InChI=1S/C19H18N4O2/c1-14-8-6-7-11-17(14)13-25-19(24)18(23-15(2)20-21-22-23)12-16-9-4-3-5-10-16/h3-12H,13H2,1-2H3. The van der Waals surface area contributed by atoms with Gasteiger partial charge in [0.1, 0.15) is 6.61 Å². The zero-order chi connectivity index (χ0) is 17.6. The van der Waals surface area contributed by atoms with Crippen molar-refractivity contribution in [2.24, 2.45) is 0 Å². The van der Waals surface area contributed by atoms with Crippen molar-refractivity contribution in [3.63, 3.8) is 0 Å². The van der Waals surface area contributed by atoms with E-state index >= 15 is 0 Å². The van der Waals surface area contributed by atoms with Gasteiger partial charge in [-0.25, -0.2) is 4.79 Å². The molecule has 1 heterocycles. The van der Waals surface area contributed by atoms with Crippen LogP contribution in [0.1, 0.15) is 22.5 Å². The van der Waals surface area contributed by atoms with Gasteiger partial charge in [0.2, 0.25) is 0 Å². The summed E-state index contributed by atoms with van der Waals surface area (Å²) >= 11 is 0. The van der Waals surface area contributed by atoms with Gasteiger partial charge in [-0.15, -0.1) is 5.10 Å². The van der Waals surface area contributed by atoms with Crippen molar-refractivity contribution < 1.29 is 9.53 Å².